The minimum atomic E-state index is -4.55. The van der Waals surface area contributed by atoms with E-state index in [-0.39, 0.29) is 5.69 Å². The van der Waals surface area contributed by atoms with Crippen LogP contribution in [0.25, 0.3) is 0 Å². The molecule has 0 bridgehead atoms. The van der Waals surface area contributed by atoms with E-state index in [9.17, 15) is 18.0 Å². The molecule has 0 radical (unpaired) electrons. The summed E-state index contributed by atoms with van der Waals surface area (Å²) in [6.45, 7) is 7.08. The summed E-state index contributed by atoms with van der Waals surface area (Å²) in [7, 11) is 0. The fourth-order valence-corrected chi connectivity index (χ4v) is 1.97. The lowest BCUT2D eigenvalue weighted by Gasteiger charge is -2.20. The average molecular weight is 306 g/mol. The highest BCUT2D eigenvalue weighted by molar-refractivity contribution is 5.92. The number of nitrogens with zero attached hydrogens (tertiary/aromatic N) is 2. The van der Waals surface area contributed by atoms with E-state index in [1.54, 1.807) is 0 Å². The van der Waals surface area contributed by atoms with Crippen molar-refractivity contribution in [2.45, 2.75) is 32.9 Å². The summed E-state index contributed by atoms with van der Waals surface area (Å²) in [5, 5.41) is 7.79. The molecule has 0 aromatic carbocycles. The Kier molecular flexibility index (Phi) is 6.67. The molecule has 120 valence electrons. The molecule has 0 spiro atoms. The SMILES string of the molecule is CCCN(CCC)CCNC(=O)c1cc(C(F)(F)F)n[nH]1. The third kappa shape index (κ3) is 5.74. The van der Waals surface area contributed by atoms with Gasteiger partial charge in [-0.25, -0.2) is 0 Å². The maximum Gasteiger partial charge on any atom is 0.435 e. The Labute approximate surface area is 121 Å². The summed E-state index contributed by atoms with van der Waals surface area (Å²) in [5.41, 5.74) is -1.27. The van der Waals surface area contributed by atoms with Gasteiger partial charge in [0.2, 0.25) is 0 Å². The first-order chi connectivity index (χ1) is 9.88. The largest absolute Gasteiger partial charge is 0.435 e. The Hall–Kier alpha value is -1.57. The number of H-pyrrole nitrogens is 1. The lowest BCUT2D eigenvalue weighted by molar-refractivity contribution is -0.141. The monoisotopic (exact) mass is 306 g/mol. The molecule has 0 unspecified atom stereocenters. The molecule has 0 aliphatic rings. The summed E-state index contributed by atoms with van der Waals surface area (Å²) in [6.07, 6.45) is -2.51. The second-order valence-electron chi connectivity index (χ2n) is 4.76. The molecule has 2 N–H and O–H groups in total. The number of carbonyl (C=O) groups is 1. The van der Waals surface area contributed by atoms with Crippen LogP contribution in [0.15, 0.2) is 6.07 Å². The maximum absolute atomic E-state index is 12.4. The molecule has 0 aliphatic heterocycles. The average Bonchev–Trinajstić information content (AvgIpc) is 2.88. The van der Waals surface area contributed by atoms with Crippen LogP contribution in [0.5, 0.6) is 0 Å². The number of halogens is 3. The van der Waals surface area contributed by atoms with Crippen LogP contribution < -0.4 is 5.32 Å². The molecule has 0 saturated carbocycles. The summed E-state index contributed by atoms with van der Waals surface area (Å²) < 4.78 is 37.1. The topological polar surface area (TPSA) is 61.0 Å². The number of nitrogens with one attached hydrogen (secondary N) is 2. The van der Waals surface area contributed by atoms with Crippen molar-refractivity contribution in [3.05, 3.63) is 17.5 Å². The van der Waals surface area contributed by atoms with Crippen LogP contribution in [0.3, 0.4) is 0 Å². The minimum Gasteiger partial charge on any atom is -0.349 e. The third-order valence-electron chi connectivity index (χ3n) is 2.91. The lowest BCUT2D eigenvalue weighted by Crippen LogP contribution is -2.35. The molecule has 1 rings (SSSR count). The maximum atomic E-state index is 12.4. The van der Waals surface area contributed by atoms with Gasteiger partial charge >= 0.3 is 6.18 Å². The first-order valence-electron chi connectivity index (χ1n) is 7.01. The molecule has 1 amide bonds. The number of hydrogen-bond acceptors (Lipinski definition) is 3. The Morgan fingerprint density at radius 3 is 2.38 bits per heavy atom. The van der Waals surface area contributed by atoms with Crippen LogP contribution in [0.2, 0.25) is 0 Å². The van der Waals surface area contributed by atoms with Crippen molar-refractivity contribution in [3.8, 4) is 0 Å². The predicted octanol–water partition coefficient (Wildman–Crippen LogP) is 2.28. The van der Waals surface area contributed by atoms with Gasteiger partial charge in [0, 0.05) is 19.2 Å². The summed E-state index contributed by atoms with van der Waals surface area (Å²) in [4.78, 5) is 13.9. The van der Waals surface area contributed by atoms with Crippen molar-refractivity contribution < 1.29 is 18.0 Å². The van der Waals surface area contributed by atoms with Crippen molar-refractivity contribution in [1.82, 2.24) is 20.4 Å². The molecule has 21 heavy (non-hydrogen) atoms. The van der Waals surface area contributed by atoms with Crippen LogP contribution in [-0.2, 0) is 6.18 Å². The molecule has 0 saturated heterocycles. The zero-order valence-electron chi connectivity index (χ0n) is 12.3. The fraction of sp³-hybridized carbons (Fsp3) is 0.692. The molecule has 1 heterocycles. The van der Waals surface area contributed by atoms with Gasteiger partial charge in [-0.2, -0.15) is 18.3 Å². The second-order valence-corrected chi connectivity index (χ2v) is 4.76. The smallest absolute Gasteiger partial charge is 0.349 e. The molecule has 8 heteroatoms. The fourth-order valence-electron chi connectivity index (χ4n) is 1.97. The van der Waals surface area contributed by atoms with Gasteiger partial charge in [0.1, 0.15) is 5.69 Å². The predicted molar refractivity (Wildman–Crippen MR) is 72.9 cm³/mol. The minimum absolute atomic E-state index is 0.181. The van der Waals surface area contributed by atoms with Crippen LogP contribution in [-0.4, -0.2) is 47.2 Å². The van der Waals surface area contributed by atoms with Crippen LogP contribution in [0.4, 0.5) is 13.2 Å². The van der Waals surface area contributed by atoms with Gasteiger partial charge in [-0.3, -0.25) is 9.89 Å². The van der Waals surface area contributed by atoms with Crippen molar-refractivity contribution in [2.24, 2.45) is 0 Å². The molecule has 0 aliphatic carbocycles. The Balaban J connectivity index is 2.45. The van der Waals surface area contributed by atoms with E-state index in [0.29, 0.717) is 19.2 Å². The first kappa shape index (κ1) is 17.5. The molecule has 5 nitrogen and oxygen atoms in total. The van der Waals surface area contributed by atoms with Gasteiger partial charge in [-0.15, -0.1) is 0 Å². The van der Waals surface area contributed by atoms with E-state index in [2.05, 4.69) is 34.3 Å². The highest BCUT2D eigenvalue weighted by atomic mass is 19.4. The van der Waals surface area contributed by atoms with Gasteiger partial charge in [0.05, 0.1) is 0 Å². The second kappa shape index (κ2) is 8.02. The van der Waals surface area contributed by atoms with E-state index in [0.717, 1.165) is 25.9 Å². The number of aromatic amines is 1. The number of rotatable bonds is 8. The quantitative estimate of drug-likeness (QED) is 0.774. The normalized spacial score (nSPS) is 11.9. The third-order valence-corrected chi connectivity index (χ3v) is 2.91. The van der Waals surface area contributed by atoms with Gasteiger partial charge in [-0.1, -0.05) is 13.8 Å². The molecule has 0 fully saturated rings. The standard InChI is InChI=1S/C13H21F3N4O/c1-3-6-20(7-4-2)8-5-17-12(21)10-9-11(19-18-10)13(14,15)16/h9H,3-8H2,1-2H3,(H,17,21)(H,18,19). The molecular weight excluding hydrogens is 285 g/mol. The van der Waals surface area contributed by atoms with Gasteiger partial charge in [-0.05, 0) is 25.9 Å². The van der Waals surface area contributed by atoms with Crippen LogP contribution in [0.1, 0.15) is 42.9 Å². The molecule has 0 atom stereocenters. The zero-order chi connectivity index (χ0) is 15.9. The molecule has 1 aromatic heterocycles. The Morgan fingerprint density at radius 1 is 1.29 bits per heavy atom. The lowest BCUT2D eigenvalue weighted by atomic mass is 10.3. The first-order valence-corrected chi connectivity index (χ1v) is 7.01. The van der Waals surface area contributed by atoms with Crippen molar-refractivity contribution in [2.75, 3.05) is 26.2 Å². The summed E-state index contributed by atoms with van der Waals surface area (Å²) in [6, 6.07) is 0.713. The van der Waals surface area contributed by atoms with Gasteiger partial charge < -0.3 is 10.2 Å². The number of alkyl halides is 3. The van der Waals surface area contributed by atoms with E-state index < -0.39 is 17.8 Å². The number of amides is 1. The highest BCUT2D eigenvalue weighted by Gasteiger charge is 2.34. The van der Waals surface area contributed by atoms with E-state index in [1.807, 2.05) is 0 Å². The van der Waals surface area contributed by atoms with Crippen molar-refractivity contribution in [3.63, 3.8) is 0 Å². The van der Waals surface area contributed by atoms with E-state index in [1.165, 1.54) is 0 Å². The number of aromatic nitrogens is 2. The number of carbonyl (C=O) groups excluding carboxylic acids is 1. The van der Waals surface area contributed by atoms with E-state index in [4.69, 9.17) is 0 Å². The molecule has 1 aromatic rings. The van der Waals surface area contributed by atoms with E-state index >= 15 is 0 Å². The zero-order valence-corrected chi connectivity index (χ0v) is 12.3. The summed E-state index contributed by atoms with van der Waals surface area (Å²) >= 11 is 0. The van der Waals surface area contributed by atoms with Crippen molar-refractivity contribution in [1.29, 1.82) is 0 Å². The Morgan fingerprint density at radius 2 is 1.90 bits per heavy atom. The van der Waals surface area contributed by atoms with Crippen LogP contribution >= 0.6 is 0 Å². The van der Waals surface area contributed by atoms with Gasteiger partial charge in [0.25, 0.3) is 5.91 Å². The summed E-state index contributed by atoms with van der Waals surface area (Å²) in [5.74, 6) is -0.578. The van der Waals surface area contributed by atoms with Gasteiger partial charge in [0.15, 0.2) is 5.69 Å². The highest BCUT2D eigenvalue weighted by Crippen LogP contribution is 2.27. The van der Waals surface area contributed by atoms with Crippen LogP contribution in [0, 0.1) is 0 Å². The number of hydrogen-bond donors (Lipinski definition) is 2. The van der Waals surface area contributed by atoms with Crippen molar-refractivity contribution >= 4 is 5.91 Å². The Bertz CT molecular complexity index is 439. The molecular formula is C13H21F3N4O.